The summed E-state index contributed by atoms with van der Waals surface area (Å²) in [5, 5.41) is 6.66. The van der Waals surface area contributed by atoms with Gasteiger partial charge in [-0.15, -0.1) is 0 Å². The Bertz CT molecular complexity index is 1200. The van der Waals surface area contributed by atoms with Gasteiger partial charge in [-0.3, -0.25) is 14.5 Å². The maximum absolute atomic E-state index is 14.2. The van der Waals surface area contributed by atoms with Crippen LogP contribution in [0.2, 0.25) is 0 Å². The third-order valence-corrected chi connectivity index (χ3v) is 4.92. The lowest BCUT2D eigenvalue weighted by molar-refractivity contribution is -0.142. The molecule has 1 aliphatic heterocycles. The first-order valence-corrected chi connectivity index (χ1v) is 9.44. The number of carbonyl (C=O) groups excluding carboxylic acids is 1. The van der Waals surface area contributed by atoms with Crippen LogP contribution in [0.5, 0.6) is 0 Å². The fourth-order valence-electron chi connectivity index (χ4n) is 3.40. The molecule has 174 valence electrons. The number of rotatable bonds is 3. The van der Waals surface area contributed by atoms with Crippen molar-refractivity contribution in [1.29, 1.82) is 0 Å². The number of fused-ring (bicyclic) bond motifs is 1. The van der Waals surface area contributed by atoms with Crippen molar-refractivity contribution in [1.82, 2.24) is 30.0 Å². The Morgan fingerprint density at radius 3 is 2.45 bits per heavy atom. The lowest BCUT2D eigenvalue weighted by Gasteiger charge is -2.24. The maximum Gasteiger partial charge on any atom is 0.434 e. The normalized spacial score (nSPS) is 16.4. The lowest BCUT2D eigenvalue weighted by Crippen LogP contribution is -2.33. The van der Waals surface area contributed by atoms with E-state index >= 15 is 0 Å². The van der Waals surface area contributed by atoms with Gasteiger partial charge in [-0.2, -0.15) is 31.4 Å². The van der Waals surface area contributed by atoms with Crippen LogP contribution in [0.1, 0.15) is 46.5 Å². The van der Waals surface area contributed by atoms with Crippen molar-refractivity contribution < 1.29 is 35.5 Å². The van der Waals surface area contributed by atoms with Crippen molar-refractivity contribution in [3.63, 3.8) is 0 Å². The molecule has 0 bridgehead atoms. The predicted molar refractivity (Wildman–Crippen MR) is 96.9 cm³/mol. The summed E-state index contributed by atoms with van der Waals surface area (Å²) in [6.07, 6.45) is -6.90. The van der Waals surface area contributed by atoms with Crippen molar-refractivity contribution in [3.05, 3.63) is 59.3 Å². The summed E-state index contributed by atoms with van der Waals surface area (Å²) in [7, 11) is 0. The molecule has 0 fully saturated rings. The highest BCUT2D eigenvalue weighted by Crippen LogP contribution is 2.34. The smallest absolute Gasteiger partial charge is 0.342 e. The molecule has 3 aromatic rings. The quantitative estimate of drug-likeness (QED) is 0.576. The van der Waals surface area contributed by atoms with Crippen molar-refractivity contribution in [2.24, 2.45) is 0 Å². The summed E-state index contributed by atoms with van der Waals surface area (Å²) < 4.78 is 93.0. The zero-order valence-corrected chi connectivity index (χ0v) is 16.4. The molecular weight excluding hydrogens is 461 g/mol. The topological polar surface area (TPSA) is 85.6 Å². The van der Waals surface area contributed by atoms with E-state index in [-0.39, 0.29) is 5.69 Å². The summed E-state index contributed by atoms with van der Waals surface area (Å²) in [6.45, 7) is 0.351. The van der Waals surface area contributed by atoms with Crippen molar-refractivity contribution in [2.45, 2.75) is 37.8 Å². The van der Waals surface area contributed by atoms with Crippen LogP contribution in [0.4, 0.5) is 30.7 Å². The molecule has 0 saturated carbocycles. The fourth-order valence-corrected chi connectivity index (χ4v) is 3.40. The van der Waals surface area contributed by atoms with Crippen LogP contribution in [0.25, 0.3) is 11.3 Å². The first kappa shape index (κ1) is 22.6. The molecule has 0 saturated heterocycles. The van der Waals surface area contributed by atoms with Gasteiger partial charge in [0, 0.05) is 12.1 Å². The Labute approximate surface area is 180 Å². The first-order valence-electron chi connectivity index (χ1n) is 9.44. The number of alkyl halides is 6. The van der Waals surface area contributed by atoms with Crippen LogP contribution in [0.15, 0.2) is 30.7 Å². The highest BCUT2D eigenvalue weighted by Gasteiger charge is 2.35. The Morgan fingerprint density at radius 1 is 1.03 bits per heavy atom. The van der Waals surface area contributed by atoms with Crippen LogP contribution >= 0.6 is 0 Å². The molecule has 1 amide bonds. The molecule has 3 aromatic heterocycles. The molecule has 1 aliphatic rings. The van der Waals surface area contributed by atoms with Crippen LogP contribution < -0.4 is 5.32 Å². The number of nitrogens with zero attached hydrogens (tertiary/aromatic N) is 5. The molecule has 4 rings (SSSR count). The molecule has 33 heavy (non-hydrogen) atoms. The van der Waals surface area contributed by atoms with Crippen molar-refractivity contribution in [2.75, 3.05) is 0 Å². The minimum absolute atomic E-state index is 0.101. The molecule has 1 N–H and O–H groups in total. The number of halogens is 7. The van der Waals surface area contributed by atoms with E-state index in [9.17, 15) is 35.5 Å². The Morgan fingerprint density at radius 2 is 1.76 bits per heavy atom. The molecular formula is C19H13F7N6O. The van der Waals surface area contributed by atoms with E-state index in [4.69, 9.17) is 0 Å². The zero-order valence-electron chi connectivity index (χ0n) is 16.4. The number of pyridine rings is 1. The van der Waals surface area contributed by atoms with Crippen LogP contribution in [-0.4, -0.2) is 30.6 Å². The first-order chi connectivity index (χ1) is 15.4. The van der Waals surface area contributed by atoms with E-state index in [0.717, 1.165) is 6.20 Å². The molecule has 4 heterocycles. The number of carbonyl (C=O) groups is 1. The third-order valence-electron chi connectivity index (χ3n) is 4.92. The molecule has 0 spiro atoms. The van der Waals surface area contributed by atoms with E-state index < -0.39 is 52.8 Å². The van der Waals surface area contributed by atoms with Gasteiger partial charge in [0.15, 0.2) is 11.5 Å². The Balaban J connectivity index is 1.62. The van der Waals surface area contributed by atoms with Gasteiger partial charge in [0.1, 0.15) is 11.4 Å². The molecule has 1 unspecified atom stereocenters. The van der Waals surface area contributed by atoms with Crippen LogP contribution in [0.3, 0.4) is 0 Å². The van der Waals surface area contributed by atoms with Gasteiger partial charge >= 0.3 is 12.4 Å². The molecule has 1 atom stereocenters. The van der Waals surface area contributed by atoms with Gasteiger partial charge in [-0.1, -0.05) is 0 Å². The number of aryl methyl sites for hydroxylation is 1. The van der Waals surface area contributed by atoms with Gasteiger partial charge in [0.05, 0.1) is 36.0 Å². The second kappa shape index (κ2) is 8.08. The summed E-state index contributed by atoms with van der Waals surface area (Å²) >= 11 is 0. The third kappa shape index (κ3) is 4.64. The van der Waals surface area contributed by atoms with E-state index in [2.05, 4.69) is 25.4 Å². The summed E-state index contributed by atoms with van der Waals surface area (Å²) in [5.74, 6) is -1.94. The van der Waals surface area contributed by atoms with Gasteiger partial charge < -0.3 is 5.32 Å². The fraction of sp³-hybridized carbons (Fsp3) is 0.316. The predicted octanol–water partition coefficient (Wildman–Crippen LogP) is 4.18. The molecule has 7 nitrogen and oxygen atoms in total. The summed E-state index contributed by atoms with van der Waals surface area (Å²) in [6, 6.07) is 1.12. The SMILES string of the molecule is O=C(NC1CCCn2nc(-c3cc(C(F)(F)F)ncc3F)cc21)c1cncc(C(F)(F)F)n1. The van der Waals surface area contributed by atoms with Gasteiger partial charge in [0.25, 0.3) is 5.91 Å². The highest BCUT2D eigenvalue weighted by molar-refractivity contribution is 5.92. The lowest BCUT2D eigenvalue weighted by atomic mass is 10.0. The number of aromatic nitrogens is 5. The van der Waals surface area contributed by atoms with Crippen LogP contribution in [-0.2, 0) is 18.9 Å². The second-order valence-electron chi connectivity index (χ2n) is 7.18. The Hall–Kier alpha value is -3.58. The standard InChI is InChI=1S/C19H13F7N6O/c20-10-6-28-15(18(21,22)23)4-9(10)12-5-14-11(2-1-3-32(14)31-12)30-17(33)13-7-27-8-16(29-13)19(24,25)26/h4-8,11H,1-3H2,(H,30,33). The summed E-state index contributed by atoms with van der Waals surface area (Å²) in [5.41, 5.74) is -3.35. The molecule has 0 aliphatic carbocycles. The second-order valence-corrected chi connectivity index (χ2v) is 7.18. The molecule has 0 aromatic carbocycles. The summed E-state index contributed by atoms with van der Waals surface area (Å²) in [4.78, 5) is 22.2. The Kier molecular flexibility index (Phi) is 5.54. The molecule has 14 heteroatoms. The van der Waals surface area contributed by atoms with Crippen molar-refractivity contribution in [3.8, 4) is 11.3 Å². The average molecular weight is 474 g/mol. The highest BCUT2D eigenvalue weighted by atomic mass is 19.4. The largest absolute Gasteiger partial charge is 0.434 e. The van der Waals surface area contributed by atoms with Gasteiger partial charge in [-0.05, 0) is 25.0 Å². The minimum atomic E-state index is -4.79. The number of nitrogens with one attached hydrogen (secondary N) is 1. The van der Waals surface area contributed by atoms with Gasteiger partial charge in [0.2, 0.25) is 0 Å². The zero-order chi connectivity index (χ0) is 24.0. The van der Waals surface area contributed by atoms with E-state index in [1.165, 1.54) is 10.7 Å². The maximum atomic E-state index is 14.2. The van der Waals surface area contributed by atoms with Crippen molar-refractivity contribution >= 4 is 5.91 Å². The molecule has 0 radical (unpaired) electrons. The van der Waals surface area contributed by atoms with E-state index in [1.807, 2.05) is 0 Å². The average Bonchev–Trinajstić information content (AvgIpc) is 3.18. The van der Waals surface area contributed by atoms with Crippen LogP contribution in [0, 0.1) is 5.82 Å². The monoisotopic (exact) mass is 474 g/mol. The minimum Gasteiger partial charge on any atom is -0.342 e. The van der Waals surface area contributed by atoms with Gasteiger partial charge in [-0.25, -0.2) is 14.4 Å². The van der Waals surface area contributed by atoms with E-state index in [1.54, 1.807) is 0 Å². The van der Waals surface area contributed by atoms with E-state index in [0.29, 0.717) is 43.5 Å². The number of hydrogen-bond donors (Lipinski definition) is 1. The number of hydrogen-bond acceptors (Lipinski definition) is 5. The number of amides is 1.